The highest BCUT2D eigenvalue weighted by molar-refractivity contribution is 7.15. The first kappa shape index (κ1) is 13.1. The Bertz CT molecular complexity index is 350. The van der Waals surface area contributed by atoms with Crippen LogP contribution in [0.3, 0.4) is 0 Å². The van der Waals surface area contributed by atoms with Gasteiger partial charge in [0.15, 0.2) is 0 Å². The molecule has 1 aromatic rings. The van der Waals surface area contributed by atoms with E-state index in [4.69, 9.17) is 0 Å². The van der Waals surface area contributed by atoms with Crippen LogP contribution in [0.5, 0.6) is 0 Å². The third kappa shape index (κ3) is 3.90. The Morgan fingerprint density at radius 2 is 2.12 bits per heavy atom. The fourth-order valence-corrected chi connectivity index (χ4v) is 2.01. The molecule has 0 saturated heterocycles. The first-order valence-electron chi connectivity index (χ1n) is 5.44. The van der Waals surface area contributed by atoms with Crippen molar-refractivity contribution in [3.05, 3.63) is 27.1 Å². The summed E-state index contributed by atoms with van der Waals surface area (Å²) in [6.07, 6.45) is 0. The van der Waals surface area contributed by atoms with Crippen LogP contribution in [0.1, 0.15) is 25.6 Å². The van der Waals surface area contributed by atoms with Gasteiger partial charge in [-0.15, -0.1) is 0 Å². The van der Waals surface area contributed by atoms with Crippen LogP contribution in [-0.2, 0) is 6.54 Å². The molecule has 0 aliphatic heterocycles. The minimum atomic E-state index is -0.342. The van der Waals surface area contributed by atoms with Crippen LogP contribution in [0.4, 0.5) is 5.00 Å². The predicted molar refractivity (Wildman–Crippen MR) is 66.7 cm³/mol. The lowest BCUT2D eigenvalue weighted by Crippen LogP contribution is -2.23. The lowest BCUT2D eigenvalue weighted by atomic mass is 9.98. The lowest BCUT2D eigenvalue weighted by molar-refractivity contribution is -0.380. The van der Waals surface area contributed by atoms with Crippen molar-refractivity contribution in [2.24, 2.45) is 11.8 Å². The lowest BCUT2D eigenvalue weighted by Gasteiger charge is -2.15. The zero-order chi connectivity index (χ0) is 12.1. The van der Waals surface area contributed by atoms with E-state index in [1.807, 2.05) is 6.07 Å². The molecular formula is C11H18N2O2S. The van der Waals surface area contributed by atoms with Gasteiger partial charge in [0, 0.05) is 17.5 Å². The summed E-state index contributed by atoms with van der Waals surface area (Å²) >= 11 is 1.24. The van der Waals surface area contributed by atoms with Gasteiger partial charge in [-0.3, -0.25) is 10.1 Å². The van der Waals surface area contributed by atoms with E-state index in [2.05, 4.69) is 26.1 Å². The highest BCUT2D eigenvalue weighted by Gasteiger charge is 2.10. The number of nitrogens with one attached hydrogen (secondary N) is 1. The summed E-state index contributed by atoms with van der Waals surface area (Å²) in [6, 6.07) is 3.38. The highest BCUT2D eigenvalue weighted by atomic mass is 32.1. The molecule has 5 heteroatoms. The van der Waals surface area contributed by atoms with Crippen LogP contribution < -0.4 is 5.32 Å². The average Bonchev–Trinajstić information content (AvgIpc) is 2.66. The molecule has 0 fully saturated rings. The number of rotatable bonds is 6. The van der Waals surface area contributed by atoms with Gasteiger partial charge >= 0.3 is 5.00 Å². The zero-order valence-electron chi connectivity index (χ0n) is 9.90. The van der Waals surface area contributed by atoms with Crippen molar-refractivity contribution in [1.82, 2.24) is 5.32 Å². The summed E-state index contributed by atoms with van der Waals surface area (Å²) in [6.45, 7) is 8.26. The molecular weight excluding hydrogens is 224 g/mol. The molecule has 0 aliphatic carbocycles. The van der Waals surface area contributed by atoms with Gasteiger partial charge in [-0.05, 0) is 24.4 Å². The summed E-state index contributed by atoms with van der Waals surface area (Å²) in [7, 11) is 0. The largest absolute Gasteiger partial charge is 0.324 e. The average molecular weight is 242 g/mol. The van der Waals surface area contributed by atoms with Gasteiger partial charge in [-0.25, -0.2) is 0 Å². The van der Waals surface area contributed by atoms with E-state index in [1.54, 1.807) is 6.07 Å². The Morgan fingerprint density at radius 1 is 1.44 bits per heavy atom. The molecule has 90 valence electrons. The molecule has 1 rings (SSSR count). The Labute approximate surface area is 99.8 Å². The van der Waals surface area contributed by atoms with Gasteiger partial charge in [0.1, 0.15) is 0 Å². The predicted octanol–water partition coefficient (Wildman–Crippen LogP) is 3.04. The van der Waals surface area contributed by atoms with Gasteiger partial charge < -0.3 is 5.32 Å². The van der Waals surface area contributed by atoms with Crippen molar-refractivity contribution in [2.45, 2.75) is 27.3 Å². The maximum absolute atomic E-state index is 10.5. The van der Waals surface area contributed by atoms with Crippen LogP contribution in [-0.4, -0.2) is 11.5 Å². The summed E-state index contributed by atoms with van der Waals surface area (Å²) < 4.78 is 0. The quantitative estimate of drug-likeness (QED) is 0.616. The summed E-state index contributed by atoms with van der Waals surface area (Å²) in [5, 5.41) is 14.0. The Balaban J connectivity index is 2.35. The highest BCUT2D eigenvalue weighted by Crippen LogP contribution is 2.23. The van der Waals surface area contributed by atoms with E-state index in [-0.39, 0.29) is 9.92 Å². The molecule has 0 aromatic carbocycles. The molecule has 0 aliphatic rings. The summed E-state index contributed by atoms with van der Waals surface area (Å²) in [5.41, 5.74) is 0. The standard InChI is InChI=1S/C11H18N2O2S/c1-8(2)9(3)6-12-7-10-4-5-11(16-10)13(14)15/h4-5,8-9,12H,6-7H2,1-3H3. The van der Waals surface area contributed by atoms with Crippen molar-refractivity contribution in [3.8, 4) is 0 Å². The molecule has 1 aromatic heterocycles. The van der Waals surface area contributed by atoms with Crippen LogP contribution in [0.15, 0.2) is 12.1 Å². The SMILES string of the molecule is CC(C)C(C)CNCc1ccc([N+](=O)[O-])s1. The number of nitrogens with zero attached hydrogens (tertiary/aromatic N) is 1. The second-order valence-electron chi connectivity index (χ2n) is 4.35. The number of nitro groups is 1. The Kier molecular flexibility index (Phi) is 4.89. The Hall–Kier alpha value is -0.940. The van der Waals surface area contributed by atoms with Crippen molar-refractivity contribution >= 4 is 16.3 Å². The van der Waals surface area contributed by atoms with Crippen molar-refractivity contribution < 1.29 is 4.92 Å². The fraction of sp³-hybridized carbons (Fsp3) is 0.636. The third-order valence-electron chi connectivity index (χ3n) is 2.73. The third-order valence-corrected chi connectivity index (χ3v) is 3.77. The van der Waals surface area contributed by atoms with Crippen molar-refractivity contribution in [3.63, 3.8) is 0 Å². The van der Waals surface area contributed by atoms with Gasteiger partial charge in [0.2, 0.25) is 0 Å². The van der Waals surface area contributed by atoms with Gasteiger partial charge in [0.25, 0.3) is 0 Å². The smallest absolute Gasteiger partial charge is 0.312 e. The van der Waals surface area contributed by atoms with Gasteiger partial charge in [0.05, 0.1) is 4.92 Å². The maximum atomic E-state index is 10.5. The molecule has 0 spiro atoms. The van der Waals surface area contributed by atoms with Crippen LogP contribution >= 0.6 is 11.3 Å². The van der Waals surface area contributed by atoms with Gasteiger partial charge in [-0.2, -0.15) is 0 Å². The number of thiophene rings is 1. The van der Waals surface area contributed by atoms with E-state index in [0.717, 1.165) is 18.0 Å². The first-order chi connectivity index (χ1) is 7.50. The molecule has 0 saturated carbocycles. The molecule has 1 unspecified atom stereocenters. The van der Waals surface area contributed by atoms with E-state index in [1.165, 1.54) is 11.3 Å². The molecule has 4 nitrogen and oxygen atoms in total. The molecule has 16 heavy (non-hydrogen) atoms. The maximum Gasteiger partial charge on any atom is 0.324 e. The molecule has 0 bridgehead atoms. The molecule has 1 heterocycles. The minimum absolute atomic E-state index is 0.216. The Morgan fingerprint density at radius 3 is 2.62 bits per heavy atom. The van der Waals surface area contributed by atoms with Gasteiger partial charge in [-0.1, -0.05) is 32.1 Å². The normalized spacial score (nSPS) is 13.0. The number of hydrogen-bond acceptors (Lipinski definition) is 4. The summed E-state index contributed by atoms with van der Waals surface area (Å²) in [4.78, 5) is 11.2. The number of hydrogen-bond donors (Lipinski definition) is 1. The van der Waals surface area contributed by atoms with Crippen molar-refractivity contribution in [2.75, 3.05) is 6.54 Å². The minimum Gasteiger partial charge on any atom is -0.312 e. The first-order valence-corrected chi connectivity index (χ1v) is 6.26. The molecule has 0 radical (unpaired) electrons. The summed E-state index contributed by atoms with van der Waals surface area (Å²) in [5.74, 6) is 1.28. The molecule has 1 atom stereocenters. The van der Waals surface area contributed by atoms with E-state index < -0.39 is 0 Å². The second kappa shape index (κ2) is 5.96. The van der Waals surface area contributed by atoms with E-state index >= 15 is 0 Å². The van der Waals surface area contributed by atoms with Crippen LogP contribution in [0.25, 0.3) is 0 Å². The van der Waals surface area contributed by atoms with Crippen LogP contribution in [0.2, 0.25) is 0 Å². The fourth-order valence-electron chi connectivity index (χ4n) is 1.22. The van der Waals surface area contributed by atoms with Crippen LogP contribution in [0, 0.1) is 22.0 Å². The van der Waals surface area contributed by atoms with E-state index in [0.29, 0.717) is 11.8 Å². The monoisotopic (exact) mass is 242 g/mol. The second-order valence-corrected chi connectivity index (χ2v) is 5.50. The topological polar surface area (TPSA) is 55.2 Å². The van der Waals surface area contributed by atoms with E-state index in [9.17, 15) is 10.1 Å². The zero-order valence-corrected chi connectivity index (χ0v) is 10.7. The van der Waals surface area contributed by atoms with Crippen molar-refractivity contribution in [1.29, 1.82) is 0 Å². The molecule has 1 N–H and O–H groups in total. The molecule has 0 amide bonds.